The second kappa shape index (κ2) is 9.66. The SMILES string of the molecule is Cc1nn(C2CCS(=O)(=O)C2)c2nc(-c3cccs3)cc(C(=O)N3CCN(Cc4ccccc4)CC3)c12. The first-order valence-electron chi connectivity index (χ1n) is 12.6. The lowest BCUT2D eigenvalue weighted by Gasteiger charge is -2.35. The zero-order valence-electron chi connectivity index (χ0n) is 20.7. The highest BCUT2D eigenvalue weighted by Crippen LogP contribution is 2.33. The molecule has 5 heterocycles. The number of rotatable bonds is 5. The number of amides is 1. The number of piperazine rings is 1. The van der Waals surface area contributed by atoms with Gasteiger partial charge < -0.3 is 4.90 Å². The zero-order valence-corrected chi connectivity index (χ0v) is 22.3. The minimum atomic E-state index is -3.09. The van der Waals surface area contributed by atoms with Gasteiger partial charge in [0.05, 0.1) is 44.8 Å². The fourth-order valence-corrected chi connectivity index (χ4v) is 7.75. The second-order valence-corrected chi connectivity index (χ2v) is 13.0. The van der Waals surface area contributed by atoms with Gasteiger partial charge in [0.15, 0.2) is 15.5 Å². The van der Waals surface area contributed by atoms with E-state index in [0.717, 1.165) is 35.6 Å². The van der Waals surface area contributed by atoms with Crippen molar-refractivity contribution in [2.75, 3.05) is 37.7 Å². The number of hydrogen-bond donors (Lipinski definition) is 0. The fourth-order valence-electron chi connectivity index (χ4n) is 5.38. The van der Waals surface area contributed by atoms with Crippen LogP contribution < -0.4 is 0 Å². The van der Waals surface area contributed by atoms with E-state index in [0.29, 0.717) is 36.4 Å². The third kappa shape index (κ3) is 4.81. The average Bonchev–Trinajstić information content (AvgIpc) is 3.64. The lowest BCUT2D eigenvalue weighted by atomic mass is 10.1. The smallest absolute Gasteiger partial charge is 0.254 e. The van der Waals surface area contributed by atoms with Gasteiger partial charge in [-0.1, -0.05) is 36.4 Å². The largest absolute Gasteiger partial charge is 0.336 e. The van der Waals surface area contributed by atoms with Crippen LogP contribution in [0.4, 0.5) is 0 Å². The summed E-state index contributed by atoms with van der Waals surface area (Å²) in [7, 11) is -3.09. The molecular weight excluding hydrogens is 506 g/mol. The Kier molecular flexibility index (Phi) is 6.34. The number of carbonyl (C=O) groups excluding carboxylic acids is 1. The van der Waals surface area contributed by atoms with Gasteiger partial charge in [-0.05, 0) is 36.4 Å². The molecular formula is C27H29N5O3S2. The van der Waals surface area contributed by atoms with Gasteiger partial charge >= 0.3 is 0 Å². The molecule has 3 aromatic heterocycles. The Balaban J connectivity index is 1.33. The summed E-state index contributed by atoms with van der Waals surface area (Å²) in [6, 6.07) is 16.0. The maximum Gasteiger partial charge on any atom is 0.254 e. The first-order chi connectivity index (χ1) is 17.9. The molecule has 192 valence electrons. The molecule has 0 spiro atoms. The van der Waals surface area contributed by atoms with E-state index in [-0.39, 0.29) is 23.5 Å². The fraction of sp³-hybridized carbons (Fsp3) is 0.370. The summed E-state index contributed by atoms with van der Waals surface area (Å²) in [6.45, 7) is 5.68. The van der Waals surface area contributed by atoms with Crippen LogP contribution in [0, 0.1) is 6.92 Å². The highest BCUT2D eigenvalue weighted by Gasteiger charge is 2.33. The van der Waals surface area contributed by atoms with Crippen molar-refractivity contribution in [3.8, 4) is 10.6 Å². The molecule has 1 aromatic carbocycles. The van der Waals surface area contributed by atoms with Crippen molar-refractivity contribution in [1.29, 1.82) is 0 Å². The van der Waals surface area contributed by atoms with Gasteiger partial charge in [-0.25, -0.2) is 18.1 Å². The molecule has 4 aromatic rings. The first kappa shape index (κ1) is 24.3. The Bertz CT molecular complexity index is 1540. The normalized spacial score (nSPS) is 20.0. The Morgan fingerprint density at radius 3 is 2.54 bits per heavy atom. The van der Waals surface area contributed by atoms with E-state index in [4.69, 9.17) is 10.1 Å². The summed E-state index contributed by atoms with van der Waals surface area (Å²) in [5, 5.41) is 7.43. The molecule has 1 amide bonds. The van der Waals surface area contributed by atoms with Crippen LogP contribution in [-0.2, 0) is 16.4 Å². The molecule has 2 fully saturated rings. The van der Waals surface area contributed by atoms with Crippen LogP contribution in [0.3, 0.4) is 0 Å². The van der Waals surface area contributed by atoms with Crippen LogP contribution in [0.25, 0.3) is 21.6 Å². The Hall–Kier alpha value is -3.08. The average molecular weight is 536 g/mol. The van der Waals surface area contributed by atoms with Crippen LogP contribution in [0.5, 0.6) is 0 Å². The van der Waals surface area contributed by atoms with E-state index in [1.807, 2.05) is 41.5 Å². The van der Waals surface area contributed by atoms with Crippen molar-refractivity contribution in [1.82, 2.24) is 24.6 Å². The minimum Gasteiger partial charge on any atom is -0.336 e. The summed E-state index contributed by atoms with van der Waals surface area (Å²) in [6.07, 6.45) is 0.510. The molecule has 0 radical (unpaired) electrons. The summed E-state index contributed by atoms with van der Waals surface area (Å²) < 4.78 is 26.2. The highest BCUT2D eigenvalue weighted by atomic mass is 32.2. The number of sulfone groups is 1. The van der Waals surface area contributed by atoms with Crippen LogP contribution in [0.1, 0.15) is 34.1 Å². The number of nitrogens with zero attached hydrogens (tertiary/aromatic N) is 5. The molecule has 8 nitrogen and oxygen atoms in total. The number of carbonyl (C=O) groups is 1. The van der Waals surface area contributed by atoms with Gasteiger partial charge in [0.1, 0.15) is 0 Å². The van der Waals surface area contributed by atoms with Crippen LogP contribution in [-0.4, -0.2) is 76.6 Å². The van der Waals surface area contributed by atoms with E-state index < -0.39 is 9.84 Å². The topological polar surface area (TPSA) is 88.4 Å². The van der Waals surface area contributed by atoms with Crippen LogP contribution in [0.2, 0.25) is 0 Å². The van der Waals surface area contributed by atoms with Crippen molar-refractivity contribution < 1.29 is 13.2 Å². The summed E-state index contributed by atoms with van der Waals surface area (Å²) >= 11 is 1.57. The first-order valence-corrected chi connectivity index (χ1v) is 15.3. The number of thiophene rings is 1. The Morgan fingerprint density at radius 2 is 1.86 bits per heavy atom. The summed E-state index contributed by atoms with van der Waals surface area (Å²) in [5.41, 5.74) is 3.88. The predicted molar refractivity (Wildman–Crippen MR) is 146 cm³/mol. The molecule has 6 rings (SSSR count). The number of fused-ring (bicyclic) bond motifs is 1. The highest BCUT2D eigenvalue weighted by molar-refractivity contribution is 7.91. The van der Waals surface area contributed by atoms with Crippen LogP contribution in [0.15, 0.2) is 53.9 Å². The molecule has 0 bridgehead atoms. The third-order valence-electron chi connectivity index (χ3n) is 7.30. The maximum absolute atomic E-state index is 13.9. The Labute approximate surface area is 220 Å². The Morgan fingerprint density at radius 1 is 1.08 bits per heavy atom. The number of pyridine rings is 1. The van der Waals surface area contributed by atoms with Crippen molar-refractivity contribution in [2.45, 2.75) is 25.9 Å². The van der Waals surface area contributed by atoms with Gasteiger partial charge in [-0.2, -0.15) is 5.10 Å². The quantitative estimate of drug-likeness (QED) is 0.387. The summed E-state index contributed by atoms with van der Waals surface area (Å²) in [5.74, 6) is 0.189. The van der Waals surface area contributed by atoms with Crippen molar-refractivity contribution >= 4 is 38.1 Å². The molecule has 0 saturated carbocycles. The maximum atomic E-state index is 13.9. The molecule has 1 unspecified atom stereocenters. The number of aromatic nitrogens is 3. The van der Waals surface area contributed by atoms with Crippen molar-refractivity contribution in [2.24, 2.45) is 0 Å². The molecule has 0 N–H and O–H groups in total. The third-order valence-corrected chi connectivity index (χ3v) is 9.95. The van der Waals surface area contributed by atoms with Crippen LogP contribution >= 0.6 is 11.3 Å². The molecule has 2 saturated heterocycles. The second-order valence-electron chi connectivity index (χ2n) is 9.87. The summed E-state index contributed by atoms with van der Waals surface area (Å²) in [4.78, 5) is 24.1. The van der Waals surface area contributed by atoms with Gasteiger partial charge in [-0.15, -0.1) is 11.3 Å². The molecule has 2 aliphatic heterocycles. The molecule has 10 heteroatoms. The standard InChI is InChI=1S/C27H29N5O3S2/c1-19-25-22(27(33)31-12-10-30(11-13-31)17-20-6-3-2-4-7-20)16-23(24-8-5-14-36-24)28-26(25)32(29-19)21-9-15-37(34,35)18-21/h2-8,14,16,21H,9-13,15,17-18H2,1H3. The number of hydrogen-bond acceptors (Lipinski definition) is 7. The number of benzene rings is 1. The van der Waals surface area contributed by atoms with Crippen molar-refractivity contribution in [3.63, 3.8) is 0 Å². The molecule has 1 atom stereocenters. The molecule has 2 aliphatic rings. The van der Waals surface area contributed by atoms with Gasteiger partial charge in [0.2, 0.25) is 0 Å². The van der Waals surface area contributed by atoms with Gasteiger partial charge in [0.25, 0.3) is 5.91 Å². The van der Waals surface area contributed by atoms with E-state index in [2.05, 4.69) is 29.2 Å². The molecule has 37 heavy (non-hydrogen) atoms. The van der Waals surface area contributed by atoms with Crippen molar-refractivity contribution in [3.05, 3.63) is 70.7 Å². The van der Waals surface area contributed by atoms with E-state index >= 15 is 0 Å². The van der Waals surface area contributed by atoms with Gasteiger partial charge in [-0.3, -0.25) is 9.69 Å². The zero-order chi connectivity index (χ0) is 25.6. The van der Waals surface area contributed by atoms with E-state index in [1.165, 1.54) is 5.56 Å². The predicted octanol–water partition coefficient (Wildman–Crippen LogP) is 3.79. The minimum absolute atomic E-state index is 0.0220. The molecule has 0 aliphatic carbocycles. The van der Waals surface area contributed by atoms with E-state index in [1.54, 1.807) is 16.0 Å². The van der Waals surface area contributed by atoms with Gasteiger partial charge in [0, 0.05) is 32.7 Å². The van der Waals surface area contributed by atoms with E-state index in [9.17, 15) is 13.2 Å². The lowest BCUT2D eigenvalue weighted by Crippen LogP contribution is -2.48. The number of aryl methyl sites for hydroxylation is 1. The lowest BCUT2D eigenvalue weighted by molar-refractivity contribution is 0.0630. The monoisotopic (exact) mass is 535 g/mol.